The van der Waals surface area contributed by atoms with E-state index in [1.165, 1.54) is 18.2 Å². The third-order valence-corrected chi connectivity index (χ3v) is 3.43. The van der Waals surface area contributed by atoms with Crippen molar-refractivity contribution in [2.75, 3.05) is 12.0 Å². The number of ether oxygens (including phenoxy) is 1. The molecule has 0 unspecified atom stereocenters. The highest BCUT2D eigenvalue weighted by atomic mass is 32.2. The zero-order valence-electron chi connectivity index (χ0n) is 9.99. The zero-order valence-corrected chi connectivity index (χ0v) is 10.8. The Morgan fingerprint density at radius 1 is 1.39 bits per heavy atom. The topological polar surface area (TPSA) is 87.2 Å². The number of nitrogen functional groups attached to an aromatic ring is 1. The molecule has 1 aromatic heterocycles. The number of nitrogens with two attached hydrogens (primary N) is 1. The van der Waals surface area contributed by atoms with E-state index in [-0.39, 0.29) is 10.6 Å². The van der Waals surface area contributed by atoms with Crippen LogP contribution in [0.1, 0.15) is 0 Å². The van der Waals surface area contributed by atoms with Gasteiger partial charge in [-0.05, 0) is 18.2 Å². The summed E-state index contributed by atoms with van der Waals surface area (Å²) in [6.07, 6.45) is 4.36. The summed E-state index contributed by atoms with van der Waals surface area (Å²) in [4.78, 5) is 0.165. The number of nitrogens with zero attached hydrogens (tertiary/aromatic N) is 2. The highest BCUT2D eigenvalue weighted by Gasteiger charge is 2.11. The molecule has 2 rings (SSSR count). The number of aryl methyl sites for hydroxylation is 1. The van der Waals surface area contributed by atoms with Crippen LogP contribution >= 0.6 is 0 Å². The van der Waals surface area contributed by atoms with Crippen LogP contribution in [0.3, 0.4) is 0 Å². The lowest BCUT2D eigenvalue weighted by Gasteiger charge is -2.07. The molecule has 0 radical (unpaired) electrons. The standard InChI is InChI=1S/C11H13N3O3S/c1-14-7-8(6-13-14)17-11-4-3-9(5-10(11)12)18(2,15)16/h3-7H,12H2,1-2H3. The van der Waals surface area contributed by atoms with Crippen LogP contribution in [0.2, 0.25) is 0 Å². The number of aromatic nitrogens is 2. The van der Waals surface area contributed by atoms with Crippen LogP contribution in [0.25, 0.3) is 0 Å². The highest BCUT2D eigenvalue weighted by molar-refractivity contribution is 7.90. The smallest absolute Gasteiger partial charge is 0.175 e. The van der Waals surface area contributed by atoms with Gasteiger partial charge in [-0.25, -0.2) is 8.42 Å². The summed E-state index contributed by atoms with van der Waals surface area (Å²) in [6, 6.07) is 4.36. The van der Waals surface area contributed by atoms with Crippen molar-refractivity contribution in [3.05, 3.63) is 30.6 Å². The second kappa shape index (κ2) is 4.34. The Bertz CT molecular complexity index is 677. The molecule has 2 N–H and O–H groups in total. The van der Waals surface area contributed by atoms with Crippen molar-refractivity contribution in [2.45, 2.75) is 4.90 Å². The first-order valence-corrected chi connectivity index (χ1v) is 7.01. The summed E-state index contributed by atoms with van der Waals surface area (Å²) < 4.78 is 29.8. The highest BCUT2D eigenvalue weighted by Crippen LogP contribution is 2.29. The van der Waals surface area contributed by atoms with Gasteiger partial charge in [0, 0.05) is 13.3 Å². The first-order valence-electron chi connectivity index (χ1n) is 5.12. The van der Waals surface area contributed by atoms with Gasteiger partial charge in [0.25, 0.3) is 0 Å². The molecule has 0 aliphatic heterocycles. The van der Waals surface area contributed by atoms with Gasteiger partial charge < -0.3 is 10.5 Å². The van der Waals surface area contributed by atoms with Gasteiger partial charge in [-0.3, -0.25) is 4.68 Å². The Hall–Kier alpha value is -2.02. The fraction of sp³-hybridized carbons (Fsp3) is 0.182. The molecule has 0 aliphatic carbocycles. The van der Waals surface area contributed by atoms with Gasteiger partial charge in [-0.2, -0.15) is 5.10 Å². The van der Waals surface area contributed by atoms with Crippen molar-refractivity contribution >= 4 is 15.5 Å². The Morgan fingerprint density at radius 3 is 2.61 bits per heavy atom. The molecular weight excluding hydrogens is 254 g/mol. The molecule has 0 spiro atoms. The number of anilines is 1. The monoisotopic (exact) mass is 267 g/mol. The van der Waals surface area contributed by atoms with Crippen molar-refractivity contribution < 1.29 is 13.2 Å². The molecule has 0 saturated carbocycles. The predicted molar refractivity (Wildman–Crippen MR) is 67.2 cm³/mol. The van der Waals surface area contributed by atoms with E-state index in [1.807, 2.05) is 0 Å². The molecule has 0 fully saturated rings. The van der Waals surface area contributed by atoms with Gasteiger partial charge in [-0.15, -0.1) is 0 Å². The van der Waals surface area contributed by atoms with E-state index < -0.39 is 9.84 Å². The summed E-state index contributed by atoms with van der Waals surface area (Å²) in [5.74, 6) is 0.937. The van der Waals surface area contributed by atoms with E-state index in [0.29, 0.717) is 11.5 Å². The summed E-state index contributed by atoms with van der Waals surface area (Å²) in [7, 11) is -1.50. The molecule has 2 aromatic rings. The van der Waals surface area contributed by atoms with Crippen LogP contribution in [0.15, 0.2) is 35.5 Å². The number of hydrogen-bond acceptors (Lipinski definition) is 5. The van der Waals surface area contributed by atoms with Crippen LogP contribution in [-0.4, -0.2) is 24.5 Å². The number of sulfone groups is 1. The van der Waals surface area contributed by atoms with Crippen molar-refractivity contribution in [1.82, 2.24) is 9.78 Å². The van der Waals surface area contributed by atoms with Crippen molar-refractivity contribution in [3.8, 4) is 11.5 Å². The molecule has 0 atom stereocenters. The van der Waals surface area contributed by atoms with E-state index in [2.05, 4.69) is 5.10 Å². The van der Waals surface area contributed by atoms with E-state index in [4.69, 9.17) is 10.5 Å². The van der Waals surface area contributed by atoms with E-state index in [1.54, 1.807) is 24.1 Å². The maximum atomic E-state index is 11.3. The fourth-order valence-electron chi connectivity index (χ4n) is 1.43. The van der Waals surface area contributed by atoms with Crippen molar-refractivity contribution in [2.24, 2.45) is 7.05 Å². The average Bonchev–Trinajstić information content (AvgIpc) is 2.65. The van der Waals surface area contributed by atoms with Gasteiger partial charge in [0.15, 0.2) is 21.3 Å². The molecule has 0 aliphatic rings. The van der Waals surface area contributed by atoms with Gasteiger partial charge in [0.05, 0.1) is 23.0 Å². The second-order valence-electron chi connectivity index (χ2n) is 3.92. The van der Waals surface area contributed by atoms with Crippen LogP contribution in [0.4, 0.5) is 5.69 Å². The quantitative estimate of drug-likeness (QED) is 0.844. The maximum absolute atomic E-state index is 11.3. The van der Waals surface area contributed by atoms with Gasteiger partial charge >= 0.3 is 0 Å². The van der Waals surface area contributed by atoms with E-state index in [9.17, 15) is 8.42 Å². The van der Waals surface area contributed by atoms with Crippen molar-refractivity contribution in [1.29, 1.82) is 0 Å². The minimum absolute atomic E-state index is 0.165. The first-order chi connectivity index (χ1) is 8.36. The summed E-state index contributed by atoms with van der Waals surface area (Å²) in [5.41, 5.74) is 6.02. The predicted octanol–water partition coefficient (Wildman–Crippen LogP) is 1.20. The third-order valence-electron chi connectivity index (χ3n) is 2.32. The largest absolute Gasteiger partial charge is 0.452 e. The molecule has 6 nitrogen and oxygen atoms in total. The molecular formula is C11H13N3O3S. The van der Waals surface area contributed by atoms with Crippen LogP contribution in [-0.2, 0) is 16.9 Å². The molecule has 0 amide bonds. The van der Waals surface area contributed by atoms with Crippen LogP contribution in [0, 0.1) is 0 Å². The van der Waals surface area contributed by atoms with Gasteiger partial charge in [0.1, 0.15) is 0 Å². The Morgan fingerprint density at radius 2 is 2.11 bits per heavy atom. The lowest BCUT2D eigenvalue weighted by atomic mass is 10.3. The molecule has 0 bridgehead atoms. The van der Waals surface area contributed by atoms with E-state index >= 15 is 0 Å². The zero-order chi connectivity index (χ0) is 13.3. The SMILES string of the molecule is Cn1cc(Oc2ccc(S(C)(=O)=O)cc2N)cn1. The Kier molecular flexibility index (Phi) is 3.00. The number of rotatable bonds is 3. The van der Waals surface area contributed by atoms with Gasteiger partial charge in [0.2, 0.25) is 0 Å². The molecule has 1 aromatic carbocycles. The van der Waals surface area contributed by atoms with Crippen molar-refractivity contribution in [3.63, 3.8) is 0 Å². The molecule has 0 saturated heterocycles. The lowest BCUT2D eigenvalue weighted by molar-refractivity contribution is 0.484. The minimum atomic E-state index is -3.26. The molecule has 1 heterocycles. The summed E-state index contributed by atoms with van der Waals surface area (Å²) in [6.45, 7) is 0. The Balaban J connectivity index is 2.31. The fourth-order valence-corrected chi connectivity index (χ4v) is 2.08. The van der Waals surface area contributed by atoms with Crippen LogP contribution < -0.4 is 10.5 Å². The maximum Gasteiger partial charge on any atom is 0.175 e. The Labute approximate surface area is 105 Å². The first kappa shape index (κ1) is 12.4. The van der Waals surface area contributed by atoms with Crippen LogP contribution in [0.5, 0.6) is 11.5 Å². The normalized spacial score (nSPS) is 11.4. The van der Waals surface area contributed by atoms with E-state index in [0.717, 1.165) is 6.26 Å². The average molecular weight is 267 g/mol. The third kappa shape index (κ3) is 2.62. The molecule has 96 valence electrons. The number of hydrogen-bond donors (Lipinski definition) is 1. The lowest BCUT2D eigenvalue weighted by Crippen LogP contribution is -1.99. The minimum Gasteiger partial charge on any atom is -0.452 e. The van der Waals surface area contributed by atoms with Gasteiger partial charge in [-0.1, -0.05) is 0 Å². The summed E-state index contributed by atoms with van der Waals surface area (Å²) in [5, 5.41) is 3.95. The molecule has 7 heteroatoms. The molecule has 18 heavy (non-hydrogen) atoms. The number of benzene rings is 1. The second-order valence-corrected chi connectivity index (χ2v) is 5.94. The summed E-state index contributed by atoms with van der Waals surface area (Å²) >= 11 is 0.